The fraction of sp³-hybridized carbons (Fsp3) is 0.462. The van der Waals surface area contributed by atoms with Crippen LogP contribution in [0.3, 0.4) is 0 Å². The summed E-state index contributed by atoms with van der Waals surface area (Å²) >= 11 is 0. The molecule has 108 valence electrons. The zero-order chi connectivity index (χ0) is 14.8. The molecule has 1 heterocycles. The summed E-state index contributed by atoms with van der Waals surface area (Å²) in [5.41, 5.74) is -1.04. The summed E-state index contributed by atoms with van der Waals surface area (Å²) in [6.45, 7) is 0.641. The number of phenolic OH excluding ortho intramolecular Hbond substituents is 1. The zero-order valence-electron chi connectivity index (χ0n) is 10.7. The van der Waals surface area contributed by atoms with Crippen LogP contribution >= 0.6 is 0 Å². The molecule has 1 fully saturated rings. The number of sulfone groups is 1. The highest BCUT2D eigenvalue weighted by Crippen LogP contribution is 2.34. The van der Waals surface area contributed by atoms with Crippen molar-refractivity contribution in [3.05, 3.63) is 24.0 Å². The maximum absolute atomic E-state index is 13.7. The van der Waals surface area contributed by atoms with Gasteiger partial charge >= 0.3 is 0 Å². The largest absolute Gasteiger partial charge is 0.508 e. The van der Waals surface area contributed by atoms with Crippen molar-refractivity contribution in [2.45, 2.75) is 17.7 Å². The van der Waals surface area contributed by atoms with E-state index in [1.54, 1.807) is 0 Å². The molecule has 5 nitrogen and oxygen atoms in total. The van der Waals surface area contributed by atoms with Crippen LogP contribution in [0.5, 0.6) is 5.75 Å². The molecular weight excluding hydrogens is 285 g/mol. The van der Waals surface area contributed by atoms with Crippen molar-refractivity contribution in [1.29, 1.82) is 5.26 Å². The second-order valence-corrected chi connectivity index (χ2v) is 6.84. The number of aromatic hydroxyl groups is 1. The molecule has 0 aromatic heterocycles. The van der Waals surface area contributed by atoms with Crippen molar-refractivity contribution < 1.29 is 22.7 Å². The standard InChI is InChI=1S/C13H14FNO4S/c14-11-7-10(16)1-2-12(11)20(17,18)9-13(8-15)3-5-19-6-4-13/h1-2,7,16H,3-6,9H2. The number of halogens is 1. The average molecular weight is 299 g/mol. The molecule has 1 aromatic carbocycles. The minimum Gasteiger partial charge on any atom is -0.508 e. The highest BCUT2D eigenvalue weighted by atomic mass is 32.2. The quantitative estimate of drug-likeness (QED) is 0.916. The van der Waals surface area contributed by atoms with Crippen LogP contribution in [0.15, 0.2) is 23.1 Å². The van der Waals surface area contributed by atoms with E-state index >= 15 is 0 Å². The summed E-state index contributed by atoms with van der Waals surface area (Å²) in [5, 5.41) is 18.4. The van der Waals surface area contributed by atoms with Crippen LogP contribution in [0.1, 0.15) is 12.8 Å². The van der Waals surface area contributed by atoms with Crippen LogP contribution < -0.4 is 0 Å². The highest BCUT2D eigenvalue weighted by molar-refractivity contribution is 7.91. The van der Waals surface area contributed by atoms with E-state index in [0.29, 0.717) is 26.1 Å². The predicted molar refractivity (Wildman–Crippen MR) is 68.2 cm³/mol. The van der Waals surface area contributed by atoms with Crippen LogP contribution in [-0.2, 0) is 14.6 Å². The predicted octanol–water partition coefficient (Wildman–Crippen LogP) is 1.63. The SMILES string of the molecule is N#CC1(CS(=O)(=O)c2ccc(O)cc2F)CCOCC1. The third-order valence-electron chi connectivity index (χ3n) is 3.40. The van der Waals surface area contributed by atoms with Crippen molar-refractivity contribution in [1.82, 2.24) is 0 Å². The topological polar surface area (TPSA) is 87.4 Å². The number of hydrogen-bond donors (Lipinski definition) is 1. The normalized spacial score (nSPS) is 18.4. The molecule has 0 amide bonds. The van der Waals surface area contributed by atoms with Gasteiger partial charge in [-0.15, -0.1) is 0 Å². The second kappa shape index (κ2) is 5.38. The molecule has 0 atom stereocenters. The summed E-state index contributed by atoms with van der Waals surface area (Å²) in [5.74, 6) is -1.80. The minimum absolute atomic E-state index is 0.308. The van der Waals surface area contributed by atoms with E-state index in [9.17, 15) is 18.1 Å². The molecule has 0 bridgehead atoms. The van der Waals surface area contributed by atoms with Crippen molar-refractivity contribution in [3.8, 4) is 11.8 Å². The van der Waals surface area contributed by atoms with Gasteiger partial charge in [-0.25, -0.2) is 12.8 Å². The lowest BCUT2D eigenvalue weighted by Gasteiger charge is -2.30. The summed E-state index contributed by atoms with van der Waals surface area (Å²) < 4.78 is 43.4. The lowest BCUT2D eigenvalue weighted by atomic mass is 9.84. The Morgan fingerprint density at radius 1 is 1.40 bits per heavy atom. The molecule has 0 unspecified atom stereocenters. The first-order valence-electron chi connectivity index (χ1n) is 6.09. The zero-order valence-corrected chi connectivity index (χ0v) is 11.5. The summed E-state index contributed by atoms with van der Waals surface area (Å²) in [7, 11) is -3.94. The lowest BCUT2D eigenvalue weighted by molar-refractivity contribution is 0.0490. The Morgan fingerprint density at radius 2 is 2.05 bits per heavy atom. The fourth-order valence-corrected chi connectivity index (χ4v) is 4.10. The van der Waals surface area contributed by atoms with Crippen molar-refractivity contribution in [2.24, 2.45) is 5.41 Å². The summed E-state index contributed by atoms with van der Waals surface area (Å²) in [6, 6.07) is 4.92. The molecule has 0 radical (unpaired) electrons. The van der Waals surface area contributed by atoms with Crippen LogP contribution in [0, 0.1) is 22.6 Å². The Balaban J connectivity index is 2.33. The summed E-state index contributed by atoms with van der Waals surface area (Å²) in [6.07, 6.45) is 0.616. The van der Waals surface area contributed by atoms with Crippen molar-refractivity contribution in [3.63, 3.8) is 0 Å². The minimum atomic E-state index is -3.94. The molecule has 2 rings (SSSR count). The monoisotopic (exact) mass is 299 g/mol. The van der Waals surface area contributed by atoms with Gasteiger partial charge in [0.05, 0.1) is 17.2 Å². The van der Waals surface area contributed by atoms with Crippen LogP contribution in [0.25, 0.3) is 0 Å². The second-order valence-electron chi connectivity index (χ2n) is 4.88. The molecule has 1 N–H and O–H groups in total. The number of nitriles is 1. The maximum atomic E-state index is 13.7. The number of benzene rings is 1. The third kappa shape index (κ3) is 2.92. The van der Waals surface area contributed by atoms with Gasteiger partial charge in [0.15, 0.2) is 9.84 Å². The molecule has 20 heavy (non-hydrogen) atoms. The van der Waals surface area contributed by atoms with Gasteiger partial charge in [-0.2, -0.15) is 5.26 Å². The first-order chi connectivity index (χ1) is 9.38. The third-order valence-corrected chi connectivity index (χ3v) is 5.34. The van der Waals surface area contributed by atoms with Crippen LogP contribution in [0.2, 0.25) is 0 Å². The number of hydrogen-bond acceptors (Lipinski definition) is 5. The van der Waals surface area contributed by atoms with Gasteiger partial charge in [0.2, 0.25) is 0 Å². The van der Waals surface area contributed by atoms with E-state index in [1.165, 1.54) is 0 Å². The number of rotatable bonds is 3. The molecular formula is C13H14FNO4S. The van der Waals surface area contributed by atoms with E-state index in [0.717, 1.165) is 18.2 Å². The van der Waals surface area contributed by atoms with Gasteiger partial charge in [-0.05, 0) is 25.0 Å². The first-order valence-corrected chi connectivity index (χ1v) is 7.74. The van der Waals surface area contributed by atoms with Gasteiger partial charge in [0, 0.05) is 19.3 Å². The van der Waals surface area contributed by atoms with Gasteiger partial charge in [-0.1, -0.05) is 0 Å². The molecule has 1 aliphatic heterocycles. The van der Waals surface area contributed by atoms with E-state index in [4.69, 9.17) is 9.84 Å². The summed E-state index contributed by atoms with van der Waals surface area (Å²) in [4.78, 5) is -0.489. The van der Waals surface area contributed by atoms with Gasteiger partial charge in [-0.3, -0.25) is 0 Å². The Labute approximate surface area is 116 Å². The fourth-order valence-electron chi connectivity index (χ4n) is 2.23. The smallest absolute Gasteiger partial charge is 0.182 e. The molecule has 0 spiro atoms. The molecule has 0 saturated carbocycles. The van der Waals surface area contributed by atoms with Gasteiger partial charge in [0.25, 0.3) is 0 Å². The van der Waals surface area contributed by atoms with Crippen LogP contribution in [0.4, 0.5) is 4.39 Å². The van der Waals surface area contributed by atoms with Gasteiger partial charge in [0.1, 0.15) is 16.5 Å². The molecule has 7 heteroatoms. The Kier molecular flexibility index (Phi) is 3.97. The maximum Gasteiger partial charge on any atom is 0.182 e. The molecule has 1 aromatic rings. The molecule has 0 aliphatic carbocycles. The first kappa shape index (κ1) is 14.8. The lowest BCUT2D eigenvalue weighted by Crippen LogP contribution is -2.35. The van der Waals surface area contributed by atoms with E-state index in [-0.39, 0.29) is 5.75 Å². The Morgan fingerprint density at radius 3 is 2.60 bits per heavy atom. The van der Waals surface area contributed by atoms with E-state index in [1.807, 2.05) is 6.07 Å². The Hall–Kier alpha value is -1.65. The van der Waals surface area contributed by atoms with Gasteiger partial charge < -0.3 is 9.84 Å². The Bertz CT molecular complexity index is 645. The number of ether oxygens (including phenoxy) is 1. The van der Waals surface area contributed by atoms with Crippen LogP contribution in [-0.4, -0.2) is 32.5 Å². The number of nitrogens with zero attached hydrogens (tertiary/aromatic N) is 1. The average Bonchev–Trinajstić information content (AvgIpc) is 2.38. The van der Waals surface area contributed by atoms with Crippen molar-refractivity contribution in [2.75, 3.05) is 19.0 Å². The molecule has 1 saturated heterocycles. The van der Waals surface area contributed by atoms with Crippen molar-refractivity contribution >= 4 is 9.84 Å². The van der Waals surface area contributed by atoms with E-state index < -0.39 is 31.7 Å². The molecule has 1 aliphatic rings. The van der Waals surface area contributed by atoms with E-state index in [2.05, 4.69) is 0 Å². The number of phenols is 1. The highest BCUT2D eigenvalue weighted by Gasteiger charge is 2.38.